The van der Waals surface area contributed by atoms with Crippen molar-refractivity contribution in [2.24, 2.45) is 0 Å². The lowest BCUT2D eigenvalue weighted by Crippen LogP contribution is -2.42. The lowest BCUT2D eigenvalue weighted by molar-refractivity contribution is -0.384. The summed E-state index contributed by atoms with van der Waals surface area (Å²) < 4.78 is 18.0. The van der Waals surface area contributed by atoms with E-state index in [9.17, 15) is 14.9 Å². The van der Waals surface area contributed by atoms with Gasteiger partial charge in [0.05, 0.1) is 23.6 Å². The second kappa shape index (κ2) is 10.2. The molecule has 1 aliphatic rings. The minimum absolute atomic E-state index is 0.0167. The van der Waals surface area contributed by atoms with Crippen LogP contribution < -0.4 is 0 Å². The van der Waals surface area contributed by atoms with Crippen LogP contribution in [-0.2, 0) is 19.0 Å². The first-order valence-corrected chi connectivity index (χ1v) is 11.2. The second-order valence-electron chi connectivity index (χ2n) is 8.73. The number of nitro groups is 1. The lowest BCUT2D eigenvalue weighted by Gasteiger charge is -2.40. The molecule has 0 unspecified atom stereocenters. The van der Waals surface area contributed by atoms with Crippen molar-refractivity contribution in [2.45, 2.75) is 50.8 Å². The molecular formula is C27H27NO6. The lowest BCUT2D eigenvalue weighted by atomic mass is 9.98. The quantitative estimate of drug-likeness (QED) is 0.247. The van der Waals surface area contributed by atoms with Gasteiger partial charge in [0.1, 0.15) is 0 Å². The van der Waals surface area contributed by atoms with Crippen LogP contribution in [0.4, 0.5) is 5.69 Å². The molecular weight excluding hydrogens is 434 g/mol. The van der Waals surface area contributed by atoms with Crippen molar-refractivity contribution in [2.75, 3.05) is 0 Å². The summed E-state index contributed by atoms with van der Waals surface area (Å²) in [6, 6.07) is 25.5. The van der Waals surface area contributed by atoms with Crippen molar-refractivity contribution in [3.05, 3.63) is 112 Å². The maximum Gasteiger partial charge on any atom is 0.309 e. The SMILES string of the molecule is CC1(C)O[C@H](CC(=O)OC(c2ccccc2)c2ccccc2)C[C@@H](c2ccc([N+](=O)[O-])cc2)O1. The Labute approximate surface area is 198 Å². The fourth-order valence-corrected chi connectivity index (χ4v) is 4.20. The van der Waals surface area contributed by atoms with Gasteiger partial charge in [-0.1, -0.05) is 60.7 Å². The smallest absolute Gasteiger partial charge is 0.309 e. The number of nitrogens with zero attached hydrogens (tertiary/aromatic N) is 1. The van der Waals surface area contributed by atoms with E-state index in [4.69, 9.17) is 14.2 Å². The summed E-state index contributed by atoms with van der Waals surface area (Å²) in [6.07, 6.45) is -0.817. The van der Waals surface area contributed by atoms with Crippen LogP contribution in [0.5, 0.6) is 0 Å². The molecule has 34 heavy (non-hydrogen) atoms. The van der Waals surface area contributed by atoms with Crippen LogP contribution in [0, 0.1) is 10.1 Å². The van der Waals surface area contributed by atoms with Crippen LogP contribution >= 0.6 is 0 Å². The number of nitro benzene ring substituents is 1. The van der Waals surface area contributed by atoms with E-state index in [1.807, 2.05) is 60.7 Å². The van der Waals surface area contributed by atoms with Crippen molar-refractivity contribution in [1.82, 2.24) is 0 Å². The Morgan fingerprint density at radius 1 is 0.971 bits per heavy atom. The molecule has 2 atom stereocenters. The topological polar surface area (TPSA) is 87.9 Å². The molecule has 1 heterocycles. The minimum Gasteiger partial charge on any atom is -0.452 e. The van der Waals surface area contributed by atoms with E-state index in [0.29, 0.717) is 6.42 Å². The first-order valence-electron chi connectivity index (χ1n) is 11.2. The van der Waals surface area contributed by atoms with Gasteiger partial charge in [0.2, 0.25) is 0 Å². The van der Waals surface area contributed by atoms with Crippen LogP contribution in [0.25, 0.3) is 0 Å². The van der Waals surface area contributed by atoms with Crippen LogP contribution in [0.3, 0.4) is 0 Å². The first kappa shape index (κ1) is 23.6. The summed E-state index contributed by atoms with van der Waals surface area (Å²) in [4.78, 5) is 23.5. The van der Waals surface area contributed by atoms with Gasteiger partial charge in [-0.3, -0.25) is 14.9 Å². The number of ether oxygens (including phenoxy) is 3. The molecule has 3 aromatic rings. The van der Waals surface area contributed by atoms with Gasteiger partial charge in [0.25, 0.3) is 5.69 Å². The third-order valence-corrected chi connectivity index (χ3v) is 5.68. The van der Waals surface area contributed by atoms with Crippen molar-refractivity contribution in [3.63, 3.8) is 0 Å². The number of rotatable bonds is 7. The molecule has 0 N–H and O–H groups in total. The normalized spacial score (nSPS) is 19.5. The van der Waals surface area contributed by atoms with Crippen LogP contribution in [0.2, 0.25) is 0 Å². The number of benzene rings is 3. The number of esters is 1. The van der Waals surface area contributed by atoms with E-state index < -0.39 is 22.9 Å². The molecule has 176 valence electrons. The van der Waals surface area contributed by atoms with E-state index in [2.05, 4.69) is 0 Å². The van der Waals surface area contributed by atoms with E-state index in [1.165, 1.54) is 12.1 Å². The summed E-state index contributed by atoms with van der Waals surface area (Å²) in [5.41, 5.74) is 2.59. The van der Waals surface area contributed by atoms with E-state index >= 15 is 0 Å². The van der Waals surface area contributed by atoms with Crippen molar-refractivity contribution < 1.29 is 23.9 Å². The van der Waals surface area contributed by atoms with E-state index in [0.717, 1.165) is 16.7 Å². The Hall–Kier alpha value is -3.55. The predicted octanol–water partition coefficient (Wildman–Crippen LogP) is 5.90. The van der Waals surface area contributed by atoms with E-state index in [1.54, 1.807) is 26.0 Å². The highest BCUT2D eigenvalue weighted by atomic mass is 16.7. The largest absolute Gasteiger partial charge is 0.452 e. The highest BCUT2D eigenvalue weighted by Crippen LogP contribution is 2.38. The standard InChI is InChI=1S/C27H27NO6/c1-27(2)33-23(17-24(34-27)19-13-15-22(16-14-19)28(30)31)18-25(29)32-26(20-9-5-3-6-10-20)21-11-7-4-8-12-21/h3-16,23-24,26H,17-18H2,1-2H3/t23-,24-/m0/s1. The Bertz CT molecular complexity index is 1080. The molecule has 0 aromatic heterocycles. The highest BCUT2D eigenvalue weighted by molar-refractivity contribution is 5.70. The van der Waals surface area contributed by atoms with Gasteiger partial charge in [0.15, 0.2) is 11.9 Å². The maximum absolute atomic E-state index is 13.0. The molecule has 7 nitrogen and oxygen atoms in total. The van der Waals surface area contributed by atoms with E-state index in [-0.39, 0.29) is 24.2 Å². The molecule has 0 radical (unpaired) electrons. The Morgan fingerprint density at radius 2 is 1.53 bits per heavy atom. The van der Waals surface area contributed by atoms with Gasteiger partial charge in [-0.05, 0) is 42.7 Å². The van der Waals surface area contributed by atoms with Gasteiger partial charge in [-0.25, -0.2) is 0 Å². The fraction of sp³-hybridized carbons (Fsp3) is 0.296. The molecule has 0 aliphatic carbocycles. The Kier molecular flexibility index (Phi) is 7.05. The molecule has 4 rings (SSSR count). The zero-order valence-corrected chi connectivity index (χ0v) is 19.1. The zero-order chi connectivity index (χ0) is 24.1. The summed E-state index contributed by atoms with van der Waals surface area (Å²) in [5, 5.41) is 11.0. The van der Waals surface area contributed by atoms with Gasteiger partial charge in [-0.15, -0.1) is 0 Å². The summed E-state index contributed by atoms with van der Waals surface area (Å²) in [6.45, 7) is 3.58. The number of hydrogen-bond acceptors (Lipinski definition) is 6. The van der Waals surface area contributed by atoms with Crippen molar-refractivity contribution >= 4 is 11.7 Å². The van der Waals surface area contributed by atoms with Crippen molar-refractivity contribution in [1.29, 1.82) is 0 Å². The summed E-state index contributed by atoms with van der Waals surface area (Å²) in [5.74, 6) is -1.30. The molecule has 0 saturated carbocycles. The highest BCUT2D eigenvalue weighted by Gasteiger charge is 2.38. The molecule has 1 aliphatic heterocycles. The number of carbonyl (C=O) groups excluding carboxylic acids is 1. The average Bonchev–Trinajstić information content (AvgIpc) is 2.82. The Morgan fingerprint density at radius 3 is 2.06 bits per heavy atom. The van der Waals surface area contributed by atoms with Gasteiger partial charge in [0, 0.05) is 18.6 Å². The number of carbonyl (C=O) groups is 1. The summed E-state index contributed by atoms with van der Waals surface area (Å²) >= 11 is 0. The van der Waals surface area contributed by atoms with Gasteiger partial charge in [-0.2, -0.15) is 0 Å². The third kappa shape index (κ3) is 5.87. The molecule has 0 bridgehead atoms. The molecule has 1 fully saturated rings. The van der Waals surface area contributed by atoms with Gasteiger partial charge >= 0.3 is 5.97 Å². The van der Waals surface area contributed by atoms with Crippen LogP contribution in [0.1, 0.15) is 55.6 Å². The molecule has 3 aromatic carbocycles. The minimum atomic E-state index is -0.923. The Balaban J connectivity index is 1.48. The maximum atomic E-state index is 13.0. The molecule has 1 saturated heterocycles. The van der Waals surface area contributed by atoms with Gasteiger partial charge < -0.3 is 14.2 Å². The van der Waals surface area contributed by atoms with Crippen LogP contribution in [0.15, 0.2) is 84.9 Å². The van der Waals surface area contributed by atoms with Crippen molar-refractivity contribution in [3.8, 4) is 0 Å². The predicted molar refractivity (Wildman–Crippen MR) is 126 cm³/mol. The average molecular weight is 462 g/mol. The fourth-order valence-electron chi connectivity index (χ4n) is 4.20. The number of hydrogen-bond donors (Lipinski definition) is 0. The molecule has 0 amide bonds. The third-order valence-electron chi connectivity index (χ3n) is 5.68. The van der Waals surface area contributed by atoms with Crippen LogP contribution in [-0.4, -0.2) is 22.8 Å². The first-order chi connectivity index (χ1) is 16.3. The zero-order valence-electron chi connectivity index (χ0n) is 19.1. The summed E-state index contributed by atoms with van der Waals surface area (Å²) in [7, 11) is 0. The molecule has 0 spiro atoms. The second-order valence-corrected chi connectivity index (χ2v) is 8.73. The monoisotopic (exact) mass is 461 g/mol. The molecule has 7 heteroatoms. The number of non-ortho nitro benzene ring substituents is 1.